The van der Waals surface area contributed by atoms with Crippen LogP contribution < -0.4 is 0 Å². The molecule has 0 spiro atoms. The number of aromatic nitrogens is 2. The molecule has 0 bridgehead atoms. The van der Waals surface area contributed by atoms with Gasteiger partial charge in [0, 0.05) is 22.9 Å². The third kappa shape index (κ3) is 3.85. The molecule has 2 aromatic carbocycles. The van der Waals surface area contributed by atoms with Crippen LogP contribution in [-0.2, 0) is 10.8 Å². The Balaban J connectivity index is 2.13. The number of hydrogen-bond donors (Lipinski definition) is 2. The van der Waals surface area contributed by atoms with Crippen molar-refractivity contribution >= 4 is 0 Å². The average Bonchev–Trinajstić information content (AvgIpc) is 3.03. The molecule has 1 heterocycles. The van der Waals surface area contributed by atoms with E-state index < -0.39 is 0 Å². The number of phenols is 2. The summed E-state index contributed by atoms with van der Waals surface area (Å²) in [5.74, 6) is 0.603. The molecule has 0 unspecified atom stereocenters. The van der Waals surface area contributed by atoms with Crippen molar-refractivity contribution in [1.82, 2.24) is 9.78 Å². The highest BCUT2D eigenvalue weighted by Crippen LogP contribution is 2.41. The summed E-state index contributed by atoms with van der Waals surface area (Å²) in [6.45, 7) is 12.6. The van der Waals surface area contributed by atoms with E-state index in [2.05, 4.69) is 41.5 Å². The van der Waals surface area contributed by atoms with E-state index in [4.69, 9.17) is 5.10 Å². The van der Waals surface area contributed by atoms with Gasteiger partial charge < -0.3 is 10.2 Å². The second-order valence-electron chi connectivity index (χ2n) is 9.08. The third-order valence-corrected chi connectivity index (χ3v) is 4.73. The standard InChI is InChI=1S/C23H28N2O2/c1-22(2,3)18-13-15(14-19(21(18)27)23(4,5)6)20-11-12-25(24-20)16-7-9-17(26)10-8-16/h7-14,26-27H,1-6H3. The zero-order chi connectivity index (χ0) is 20.0. The van der Waals surface area contributed by atoms with Crippen molar-refractivity contribution in [2.45, 2.75) is 52.4 Å². The fourth-order valence-corrected chi connectivity index (χ4v) is 3.15. The van der Waals surface area contributed by atoms with Crippen molar-refractivity contribution in [3.8, 4) is 28.4 Å². The Hall–Kier alpha value is -2.75. The van der Waals surface area contributed by atoms with Gasteiger partial charge in [-0.05, 0) is 53.3 Å². The van der Waals surface area contributed by atoms with E-state index in [-0.39, 0.29) is 16.6 Å². The highest BCUT2D eigenvalue weighted by Gasteiger charge is 2.27. The Morgan fingerprint density at radius 1 is 0.778 bits per heavy atom. The van der Waals surface area contributed by atoms with Gasteiger partial charge in [-0.25, -0.2) is 4.68 Å². The first-order valence-corrected chi connectivity index (χ1v) is 9.20. The van der Waals surface area contributed by atoms with E-state index in [0.29, 0.717) is 5.75 Å². The van der Waals surface area contributed by atoms with Crippen LogP contribution in [0.1, 0.15) is 52.7 Å². The predicted octanol–water partition coefficient (Wildman–Crippen LogP) is 5.55. The summed E-state index contributed by atoms with van der Waals surface area (Å²) in [7, 11) is 0. The first kappa shape index (κ1) is 19.0. The monoisotopic (exact) mass is 364 g/mol. The van der Waals surface area contributed by atoms with Gasteiger partial charge in [0.15, 0.2) is 0 Å². The van der Waals surface area contributed by atoms with Gasteiger partial charge in [0.25, 0.3) is 0 Å². The van der Waals surface area contributed by atoms with Crippen molar-refractivity contribution in [3.63, 3.8) is 0 Å². The van der Waals surface area contributed by atoms with Crippen molar-refractivity contribution < 1.29 is 10.2 Å². The summed E-state index contributed by atoms with van der Waals surface area (Å²) in [6.07, 6.45) is 1.90. The highest BCUT2D eigenvalue weighted by molar-refractivity contribution is 5.66. The second-order valence-corrected chi connectivity index (χ2v) is 9.08. The maximum absolute atomic E-state index is 10.9. The van der Waals surface area contributed by atoms with E-state index in [0.717, 1.165) is 28.1 Å². The number of benzene rings is 2. The zero-order valence-electron chi connectivity index (χ0n) is 16.9. The molecule has 0 saturated heterocycles. The summed E-state index contributed by atoms with van der Waals surface area (Å²) in [6, 6.07) is 13.0. The fraction of sp³-hybridized carbons (Fsp3) is 0.348. The fourth-order valence-electron chi connectivity index (χ4n) is 3.15. The van der Waals surface area contributed by atoms with E-state index in [9.17, 15) is 10.2 Å². The minimum absolute atomic E-state index is 0.181. The molecule has 4 nitrogen and oxygen atoms in total. The molecule has 0 atom stereocenters. The molecule has 0 aliphatic carbocycles. The van der Waals surface area contributed by atoms with Gasteiger partial charge in [-0.15, -0.1) is 0 Å². The van der Waals surface area contributed by atoms with Crippen LogP contribution in [0.25, 0.3) is 16.9 Å². The molecule has 0 amide bonds. The summed E-state index contributed by atoms with van der Waals surface area (Å²) in [5, 5.41) is 25.1. The van der Waals surface area contributed by atoms with Crippen molar-refractivity contribution in [1.29, 1.82) is 0 Å². The summed E-state index contributed by atoms with van der Waals surface area (Å²) >= 11 is 0. The van der Waals surface area contributed by atoms with Gasteiger partial charge in [-0.1, -0.05) is 41.5 Å². The molecule has 1 aromatic heterocycles. The lowest BCUT2D eigenvalue weighted by Crippen LogP contribution is -2.17. The SMILES string of the molecule is CC(C)(C)c1cc(-c2ccn(-c3ccc(O)cc3)n2)cc(C(C)(C)C)c1O. The van der Waals surface area contributed by atoms with Crippen LogP contribution in [0.15, 0.2) is 48.7 Å². The molecule has 0 aliphatic rings. The van der Waals surface area contributed by atoms with E-state index in [1.165, 1.54) is 0 Å². The van der Waals surface area contributed by atoms with Crippen LogP contribution >= 0.6 is 0 Å². The highest BCUT2D eigenvalue weighted by atomic mass is 16.3. The lowest BCUT2D eigenvalue weighted by molar-refractivity contribution is 0.423. The topological polar surface area (TPSA) is 58.3 Å². The molecule has 2 N–H and O–H groups in total. The van der Waals surface area contributed by atoms with Crippen molar-refractivity contribution in [2.24, 2.45) is 0 Å². The number of aromatic hydroxyl groups is 2. The van der Waals surface area contributed by atoms with Crippen LogP contribution in [0.2, 0.25) is 0 Å². The van der Waals surface area contributed by atoms with Gasteiger partial charge >= 0.3 is 0 Å². The molecular formula is C23H28N2O2. The third-order valence-electron chi connectivity index (χ3n) is 4.73. The summed E-state index contributed by atoms with van der Waals surface area (Å²) < 4.78 is 1.79. The van der Waals surface area contributed by atoms with Crippen LogP contribution in [0.3, 0.4) is 0 Å². The Kier molecular flexibility index (Phi) is 4.54. The number of rotatable bonds is 2. The van der Waals surface area contributed by atoms with Crippen LogP contribution in [0.5, 0.6) is 11.5 Å². The molecule has 3 aromatic rings. The molecule has 0 saturated carbocycles. The number of phenolic OH excluding ortho intramolecular Hbond substituents is 2. The molecule has 0 radical (unpaired) electrons. The summed E-state index contributed by atoms with van der Waals surface area (Å²) in [4.78, 5) is 0. The van der Waals surface area contributed by atoms with Crippen molar-refractivity contribution in [3.05, 3.63) is 59.8 Å². The van der Waals surface area contributed by atoms with Crippen molar-refractivity contribution in [2.75, 3.05) is 0 Å². The normalized spacial score (nSPS) is 12.4. The Morgan fingerprint density at radius 2 is 1.30 bits per heavy atom. The lowest BCUT2D eigenvalue weighted by atomic mass is 9.78. The Morgan fingerprint density at radius 3 is 1.78 bits per heavy atom. The molecule has 0 fully saturated rings. The van der Waals surface area contributed by atoms with Crippen LogP contribution in [0, 0.1) is 0 Å². The zero-order valence-corrected chi connectivity index (χ0v) is 16.9. The van der Waals surface area contributed by atoms with Crippen LogP contribution in [-0.4, -0.2) is 20.0 Å². The Bertz CT molecular complexity index is 920. The minimum atomic E-state index is -0.181. The minimum Gasteiger partial charge on any atom is -0.508 e. The average molecular weight is 364 g/mol. The Labute approximate surface area is 161 Å². The van der Waals surface area contributed by atoms with E-state index in [1.54, 1.807) is 16.8 Å². The van der Waals surface area contributed by atoms with Gasteiger partial charge in [0.1, 0.15) is 11.5 Å². The van der Waals surface area contributed by atoms with Gasteiger partial charge in [0.05, 0.1) is 11.4 Å². The first-order chi connectivity index (χ1) is 12.5. The molecule has 0 aliphatic heterocycles. The van der Waals surface area contributed by atoms with Gasteiger partial charge in [-0.3, -0.25) is 0 Å². The summed E-state index contributed by atoms with van der Waals surface area (Å²) in [5.41, 5.74) is 4.19. The molecular weight excluding hydrogens is 336 g/mol. The number of nitrogens with zero attached hydrogens (tertiary/aromatic N) is 2. The second kappa shape index (κ2) is 6.45. The molecule has 3 rings (SSSR count). The van der Waals surface area contributed by atoms with Gasteiger partial charge in [0.2, 0.25) is 0 Å². The molecule has 27 heavy (non-hydrogen) atoms. The van der Waals surface area contributed by atoms with E-state index >= 15 is 0 Å². The molecule has 4 heteroatoms. The largest absolute Gasteiger partial charge is 0.508 e. The van der Waals surface area contributed by atoms with E-state index in [1.807, 2.05) is 36.5 Å². The maximum atomic E-state index is 10.9. The lowest BCUT2D eigenvalue weighted by Gasteiger charge is -2.28. The maximum Gasteiger partial charge on any atom is 0.123 e. The smallest absolute Gasteiger partial charge is 0.123 e. The first-order valence-electron chi connectivity index (χ1n) is 9.20. The predicted molar refractivity (Wildman–Crippen MR) is 110 cm³/mol. The molecule has 142 valence electrons. The van der Waals surface area contributed by atoms with Gasteiger partial charge in [-0.2, -0.15) is 5.10 Å². The number of hydrogen-bond acceptors (Lipinski definition) is 3. The quantitative estimate of drug-likeness (QED) is 0.627. The van der Waals surface area contributed by atoms with Crippen LogP contribution in [0.4, 0.5) is 0 Å².